The van der Waals surface area contributed by atoms with Gasteiger partial charge in [0.15, 0.2) is 5.82 Å². The number of piperidine rings is 1. The Kier molecular flexibility index (Phi) is 4.95. The van der Waals surface area contributed by atoms with Gasteiger partial charge in [0.1, 0.15) is 0 Å². The van der Waals surface area contributed by atoms with Gasteiger partial charge in [-0.05, 0) is 74.4 Å². The minimum Gasteiger partial charge on any atom is -0.334 e. The first-order valence-electron chi connectivity index (χ1n) is 10.5. The molecule has 0 radical (unpaired) electrons. The highest BCUT2D eigenvalue weighted by Gasteiger charge is 2.32. The molecule has 0 unspecified atom stereocenters. The molecule has 1 aliphatic heterocycles. The Morgan fingerprint density at radius 1 is 1.03 bits per heavy atom. The van der Waals surface area contributed by atoms with Crippen molar-refractivity contribution in [2.75, 3.05) is 13.1 Å². The van der Waals surface area contributed by atoms with Crippen molar-refractivity contribution in [3.63, 3.8) is 0 Å². The largest absolute Gasteiger partial charge is 0.334 e. The van der Waals surface area contributed by atoms with Crippen LogP contribution in [0.4, 0.5) is 0 Å². The lowest BCUT2D eigenvalue weighted by atomic mass is 9.97. The van der Waals surface area contributed by atoms with Gasteiger partial charge in [-0.2, -0.15) is 9.29 Å². The van der Waals surface area contributed by atoms with Gasteiger partial charge in [0.05, 0.1) is 4.90 Å². The van der Waals surface area contributed by atoms with E-state index in [1.54, 1.807) is 10.4 Å². The van der Waals surface area contributed by atoms with E-state index in [1.165, 1.54) is 11.1 Å². The summed E-state index contributed by atoms with van der Waals surface area (Å²) in [5, 5.41) is 4.18. The Bertz CT molecular complexity index is 1180. The molecule has 0 spiro atoms. The number of nitrogens with zero attached hydrogens (tertiary/aromatic N) is 3. The fourth-order valence-corrected chi connectivity index (χ4v) is 6.03. The summed E-state index contributed by atoms with van der Waals surface area (Å²) in [5.41, 5.74) is 4.51. The summed E-state index contributed by atoms with van der Waals surface area (Å²) < 4.78 is 33.3. The Labute approximate surface area is 177 Å². The maximum absolute atomic E-state index is 13.1. The molecule has 156 valence electrons. The summed E-state index contributed by atoms with van der Waals surface area (Å²) in [6.45, 7) is 2.97. The van der Waals surface area contributed by atoms with Gasteiger partial charge in [0.25, 0.3) is 5.89 Å². The Hall–Kier alpha value is -2.51. The molecule has 7 heteroatoms. The third-order valence-corrected chi connectivity index (χ3v) is 8.13. The molecule has 1 fully saturated rings. The lowest BCUT2D eigenvalue weighted by Crippen LogP contribution is -2.38. The first-order valence-corrected chi connectivity index (χ1v) is 12.0. The van der Waals surface area contributed by atoms with E-state index in [2.05, 4.69) is 10.1 Å². The van der Waals surface area contributed by atoms with E-state index in [-0.39, 0.29) is 5.92 Å². The van der Waals surface area contributed by atoms with Crippen LogP contribution in [0.1, 0.15) is 47.7 Å². The van der Waals surface area contributed by atoms with Crippen LogP contribution in [0.5, 0.6) is 0 Å². The summed E-state index contributed by atoms with van der Waals surface area (Å²) in [6, 6.07) is 13.6. The molecule has 3 aromatic rings. The summed E-state index contributed by atoms with van der Waals surface area (Å²) in [6.07, 6.45) is 4.52. The second kappa shape index (κ2) is 7.63. The van der Waals surface area contributed by atoms with Crippen molar-refractivity contribution < 1.29 is 12.9 Å². The van der Waals surface area contributed by atoms with Gasteiger partial charge in [0.2, 0.25) is 10.0 Å². The minimum absolute atomic E-state index is 0.110. The highest BCUT2D eigenvalue weighted by atomic mass is 32.2. The van der Waals surface area contributed by atoms with Crippen molar-refractivity contribution in [1.29, 1.82) is 0 Å². The third kappa shape index (κ3) is 3.56. The highest BCUT2D eigenvalue weighted by Crippen LogP contribution is 2.32. The van der Waals surface area contributed by atoms with Gasteiger partial charge >= 0.3 is 0 Å². The van der Waals surface area contributed by atoms with E-state index in [4.69, 9.17) is 4.52 Å². The molecule has 2 heterocycles. The van der Waals surface area contributed by atoms with Crippen LogP contribution < -0.4 is 0 Å². The maximum Gasteiger partial charge on any atom is 0.257 e. The molecule has 0 bridgehead atoms. The normalized spacial score (nSPS) is 17.9. The molecular weight excluding hydrogens is 398 g/mol. The monoisotopic (exact) mass is 423 g/mol. The topological polar surface area (TPSA) is 76.3 Å². The van der Waals surface area contributed by atoms with Gasteiger partial charge in [-0.1, -0.05) is 28.9 Å². The second-order valence-electron chi connectivity index (χ2n) is 8.29. The van der Waals surface area contributed by atoms with Crippen LogP contribution in [-0.4, -0.2) is 36.0 Å². The average Bonchev–Trinajstić information content (AvgIpc) is 3.43. The molecule has 0 amide bonds. The van der Waals surface area contributed by atoms with Crippen LogP contribution in [0.2, 0.25) is 0 Å². The fraction of sp³-hybridized carbons (Fsp3) is 0.391. The zero-order valence-electron chi connectivity index (χ0n) is 17.0. The Balaban J connectivity index is 1.28. The van der Waals surface area contributed by atoms with Crippen LogP contribution in [0.3, 0.4) is 0 Å². The average molecular weight is 424 g/mol. The minimum atomic E-state index is -3.46. The van der Waals surface area contributed by atoms with E-state index < -0.39 is 10.0 Å². The number of aromatic nitrogens is 2. The molecule has 1 saturated heterocycles. The first kappa shape index (κ1) is 19.5. The van der Waals surface area contributed by atoms with E-state index in [9.17, 15) is 8.42 Å². The Morgan fingerprint density at radius 2 is 1.83 bits per heavy atom. The number of benzene rings is 2. The summed E-state index contributed by atoms with van der Waals surface area (Å²) in [7, 11) is -3.46. The molecule has 0 N–H and O–H groups in total. The predicted octanol–water partition coefficient (Wildman–Crippen LogP) is 4.10. The molecule has 1 aliphatic carbocycles. The van der Waals surface area contributed by atoms with Crippen LogP contribution in [0.25, 0.3) is 11.5 Å². The van der Waals surface area contributed by atoms with Gasteiger partial charge < -0.3 is 4.52 Å². The molecule has 1 aromatic heterocycles. The number of aryl methyl sites for hydroxylation is 3. The molecule has 2 aromatic carbocycles. The lowest BCUT2D eigenvalue weighted by Gasteiger charge is -2.29. The number of hydrogen-bond donors (Lipinski definition) is 0. The quantitative estimate of drug-likeness (QED) is 0.631. The van der Waals surface area contributed by atoms with Crippen LogP contribution in [0, 0.1) is 6.92 Å². The number of rotatable bonds is 4. The standard InChI is InChI=1S/C23H25N3O3S/c1-16-4-2-7-20(14-16)23-24-22(25-29-23)18-10-12-26(13-11-18)30(27,28)21-9-8-17-5-3-6-19(17)15-21/h2,4,7-9,14-15,18H,3,5-6,10-13H2,1H3. The van der Waals surface area contributed by atoms with Crippen LogP contribution in [-0.2, 0) is 22.9 Å². The van der Waals surface area contributed by atoms with Crippen molar-refractivity contribution in [2.45, 2.75) is 49.8 Å². The molecular formula is C23H25N3O3S. The molecule has 5 rings (SSSR count). The van der Waals surface area contributed by atoms with Crippen molar-refractivity contribution in [1.82, 2.24) is 14.4 Å². The van der Waals surface area contributed by atoms with Gasteiger partial charge in [-0.3, -0.25) is 0 Å². The van der Waals surface area contributed by atoms with Crippen molar-refractivity contribution in [3.05, 3.63) is 65.0 Å². The second-order valence-corrected chi connectivity index (χ2v) is 10.2. The lowest BCUT2D eigenvalue weighted by molar-refractivity contribution is 0.307. The van der Waals surface area contributed by atoms with E-state index >= 15 is 0 Å². The van der Waals surface area contributed by atoms with E-state index in [0.29, 0.717) is 42.5 Å². The smallest absolute Gasteiger partial charge is 0.257 e. The highest BCUT2D eigenvalue weighted by molar-refractivity contribution is 7.89. The van der Waals surface area contributed by atoms with Gasteiger partial charge in [-0.15, -0.1) is 0 Å². The van der Waals surface area contributed by atoms with Gasteiger partial charge in [-0.25, -0.2) is 8.42 Å². The summed E-state index contributed by atoms with van der Waals surface area (Å²) in [4.78, 5) is 5.00. The molecule has 0 saturated carbocycles. The maximum atomic E-state index is 13.1. The molecule has 6 nitrogen and oxygen atoms in total. The number of hydrogen-bond acceptors (Lipinski definition) is 5. The van der Waals surface area contributed by atoms with E-state index in [0.717, 1.165) is 30.4 Å². The SMILES string of the molecule is Cc1cccc(-c2nc(C3CCN(S(=O)(=O)c4ccc5c(c4)CCC5)CC3)no2)c1. The van der Waals surface area contributed by atoms with Gasteiger partial charge in [0, 0.05) is 24.6 Å². The zero-order chi connectivity index (χ0) is 20.7. The van der Waals surface area contributed by atoms with Crippen LogP contribution >= 0.6 is 0 Å². The van der Waals surface area contributed by atoms with Crippen molar-refractivity contribution in [2.24, 2.45) is 0 Å². The molecule has 30 heavy (non-hydrogen) atoms. The number of fused-ring (bicyclic) bond motifs is 1. The third-order valence-electron chi connectivity index (χ3n) is 6.23. The van der Waals surface area contributed by atoms with Crippen molar-refractivity contribution in [3.8, 4) is 11.5 Å². The fourth-order valence-electron chi connectivity index (χ4n) is 4.51. The Morgan fingerprint density at radius 3 is 2.63 bits per heavy atom. The van der Waals surface area contributed by atoms with Crippen molar-refractivity contribution >= 4 is 10.0 Å². The first-order chi connectivity index (χ1) is 14.5. The summed E-state index contributed by atoms with van der Waals surface area (Å²) in [5.74, 6) is 1.29. The zero-order valence-corrected chi connectivity index (χ0v) is 17.9. The van der Waals surface area contributed by atoms with E-state index in [1.807, 2.05) is 43.3 Å². The summed E-state index contributed by atoms with van der Waals surface area (Å²) >= 11 is 0. The molecule has 0 atom stereocenters. The molecule has 2 aliphatic rings. The number of sulfonamides is 1. The predicted molar refractivity (Wildman–Crippen MR) is 114 cm³/mol. The van der Waals surface area contributed by atoms with Crippen LogP contribution in [0.15, 0.2) is 51.9 Å².